The first-order chi connectivity index (χ1) is 13.7. The summed E-state index contributed by atoms with van der Waals surface area (Å²) in [5, 5.41) is 8.02. The molecule has 0 spiro atoms. The van der Waals surface area contributed by atoms with Crippen LogP contribution in [0.1, 0.15) is 29.8 Å². The molecule has 1 aliphatic rings. The van der Waals surface area contributed by atoms with E-state index >= 15 is 0 Å². The third-order valence-electron chi connectivity index (χ3n) is 4.60. The monoisotopic (exact) mass is 385 g/mol. The Balaban J connectivity index is 1.36. The maximum atomic E-state index is 13.8. The summed E-state index contributed by atoms with van der Waals surface area (Å²) in [6, 6.07) is 8.30. The number of carbonyl (C=O) groups is 1. The van der Waals surface area contributed by atoms with Crippen molar-refractivity contribution in [3.8, 4) is 0 Å². The van der Waals surface area contributed by atoms with Crippen molar-refractivity contribution in [1.82, 2.24) is 24.8 Å². The minimum absolute atomic E-state index is 0.0231. The molecule has 4 rings (SSSR count). The first-order valence-electron chi connectivity index (χ1n) is 9.12. The van der Waals surface area contributed by atoms with Crippen molar-refractivity contribution in [2.75, 3.05) is 19.7 Å². The van der Waals surface area contributed by atoms with Gasteiger partial charge < -0.3 is 14.2 Å². The summed E-state index contributed by atoms with van der Waals surface area (Å²) in [6.45, 7) is 1.79. The van der Waals surface area contributed by atoms with E-state index in [0.717, 1.165) is 0 Å². The van der Waals surface area contributed by atoms with Gasteiger partial charge in [-0.3, -0.25) is 9.48 Å². The molecule has 0 unspecified atom stereocenters. The van der Waals surface area contributed by atoms with Crippen molar-refractivity contribution in [1.29, 1.82) is 0 Å². The number of aryl methyl sites for hydroxylation is 1. The molecule has 1 aromatic carbocycles. The Hall–Kier alpha value is -3.07. The molecule has 1 atom stereocenters. The van der Waals surface area contributed by atoms with E-state index in [0.29, 0.717) is 49.9 Å². The fraction of sp³-hybridized carbons (Fsp3) is 0.368. The van der Waals surface area contributed by atoms with Gasteiger partial charge in [0.2, 0.25) is 5.91 Å². The van der Waals surface area contributed by atoms with Crippen molar-refractivity contribution in [3.05, 3.63) is 65.8 Å². The number of hydrogen-bond acceptors (Lipinski definition) is 6. The van der Waals surface area contributed by atoms with Crippen LogP contribution in [0.3, 0.4) is 0 Å². The van der Waals surface area contributed by atoms with E-state index in [9.17, 15) is 9.18 Å². The summed E-state index contributed by atoms with van der Waals surface area (Å²) in [6.07, 6.45) is 3.62. The average molecular weight is 385 g/mol. The fourth-order valence-corrected chi connectivity index (χ4v) is 3.11. The zero-order chi connectivity index (χ0) is 19.3. The van der Waals surface area contributed by atoms with Gasteiger partial charge in [-0.05, 0) is 17.7 Å². The second kappa shape index (κ2) is 8.30. The third kappa shape index (κ3) is 4.25. The zero-order valence-electron chi connectivity index (χ0n) is 15.2. The number of morpholine rings is 1. The Labute approximate surface area is 160 Å². The normalized spacial score (nSPS) is 17.0. The van der Waals surface area contributed by atoms with E-state index in [1.54, 1.807) is 34.0 Å². The number of carbonyl (C=O) groups excluding carboxylic acids is 1. The van der Waals surface area contributed by atoms with E-state index < -0.39 is 6.10 Å². The van der Waals surface area contributed by atoms with Gasteiger partial charge in [0.15, 0.2) is 11.9 Å². The van der Waals surface area contributed by atoms with E-state index in [-0.39, 0.29) is 18.1 Å². The minimum Gasteiger partial charge on any atom is -0.365 e. The van der Waals surface area contributed by atoms with Gasteiger partial charge in [0.25, 0.3) is 5.89 Å². The number of amides is 1. The molecule has 146 valence electrons. The molecule has 3 aromatic rings. The fourth-order valence-electron chi connectivity index (χ4n) is 3.11. The van der Waals surface area contributed by atoms with Crippen LogP contribution < -0.4 is 0 Å². The number of ether oxygens (including phenoxy) is 1. The van der Waals surface area contributed by atoms with Gasteiger partial charge >= 0.3 is 0 Å². The molecule has 0 saturated carbocycles. The molecule has 1 amide bonds. The highest BCUT2D eigenvalue weighted by Crippen LogP contribution is 2.22. The number of nitrogens with zero attached hydrogens (tertiary/aromatic N) is 5. The average Bonchev–Trinajstić information content (AvgIpc) is 3.40. The number of benzene rings is 1. The summed E-state index contributed by atoms with van der Waals surface area (Å²) in [4.78, 5) is 18.5. The molecule has 0 aliphatic carbocycles. The standard InChI is InChI=1S/C19H20FN5O3/c20-15-5-2-1-4-14(15)12-17-22-19(28-23-17)16-13-24(10-11-27-16)18(26)6-9-25-8-3-7-21-25/h1-5,7-8,16H,6,9-13H2/t16-/m1/s1. The van der Waals surface area contributed by atoms with Crippen LogP contribution in [0, 0.1) is 5.82 Å². The Morgan fingerprint density at radius 3 is 3.00 bits per heavy atom. The van der Waals surface area contributed by atoms with Gasteiger partial charge in [-0.15, -0.1) is 0 Å². The zero-order valence-corrected chi connectivity index (χ0v) is 15.2. The lowest BCUT2D eigenvalue weighted by Crippen LogP contribution is -2.42. The highest BCUT2D eigenvalue weighted by atomic mass is 19.1. The lowest BCUT2D eigenvalue weighted by Gasteiger charge is -2.31. The molecule has 8 nitrogen and oxygen atoms in total. The number of halogens is 1. The Kier molecular flexibility index (Phi) is 5.43. The summed E-state index contributed by atoms with van der Waals surface area (Å²) >= 11 is 0. The molecule has 0 N–H and O–H groups in total. The van der Waals surface area contributed by atoms with Crippen LogP contribution in [0.15, 0.2) is 47.2 Å². The molecule has 0 bridgehead atoms. The van der Waals surface area contributed by atoms with E-state index in [2.05, 4.69) is 15.2 Å². The van der Waals surface area contributed by atoms with Crippen molar-refractivity contribution >= 4 is 5.91 Å². The van der Waals surface area contributed by atoms with Crippen molar-refractivity contribution in [3.63, 3.8) is 0 Å². The van der Waals surface area contributed by atoms with Gasteiger partial charge in [-0.2, -0.15) is 10.1 Å². The molecule has 1 saturated heterocycles. The maximum absolute atomic E-state index is 13.8. The van der Waals surface area contributed by atoms with E-state index in [1.165, 1.54) is 6.07 Å². The Morgan fingerprint density at radius 2 is 2.18 bits per heavy atom. The molecule has 3 heterocycles. The quantitative estimate of drug-likeness (QED) is 0.645. The van der Waals surface area contributed by atoms with Crippen LogP contribution in [0.2, 0.25) is 0 Å². The van der Waals surface area contributed by atoms with Crippen LogP contribution in [-0.2, 0) is 22.5 Å². The van der Waals surface area contributed by atoms with Gasteiger partial charge in [-0.25, -0.2) is 4.39 Å². The SMILES string of the molecule is O=C(CCn1cccn1)N1CCO[C@@H](c2nc(Cc3ccccc3F)no2)C1. The second-order valence-electron chi connectivity index (χ2n) is 6.54. The lowest BCUT2D eigenvalue weighted by molar-refractivity contribution is -0.140. The van der Waals surface area contributed by atoms with Gasteiger partial charge in [0.05, 0.1) is 13.2 Å². The van der Waals surface area contributed by atoms with Gasteiger partial charge in [0, 0.05) is 38.3 Å². The summed E-state index contributed by atoms with van der Waals surface area (Å²) in [5.74, 6) is 0.397. The predicted octanol–water partition coefficient (Wildman–Crippen LogP) is 1.99. The number of rotatable bonds is 6. The summed E-state index contributed by atoms with van der Waals surface area (Å²) < 4.78 is 26.5. The molecular formula is C19H20FN5O3. The van der Waals surface area contributed by atoms with Crippen LogP contribution in [0.5, 0.6) is 0 Å². The van der Waals surface area contributed by atoms with Crippen LogP contribution in [0.4, 0.5) is 4.39 Å². The second-order valence-corrected chi connectivity index (χ2v) is 6.54. The summed E-state index contributed by atoms with van der Waals surface area (Å²) in [5.41, 5.74) is 0.495. The maximum Gasteiger partial charge on any atom is 0.257 e. The molecule has 1 fully saturated rings. The molecular weight excluding hydrogens is 365 g/mol. The van der Waals surface area contributed by atoms with Crippen molar-refractivity contribution < 1.29 is 18.4 Å². The largest absolute Gasteiger partial charge is 0.365 e. The molecule has 9 heteroatoms. The minimum atomic E-state index is -0.482. The van der Waals surface area contributed by atoms with Crippen LogP contribution in [-0.4, -0.2) is 50.4 Å². The third-order valence-corrected chi connectivity index (χ3v) is 4.60. The molecule has 2 aromatic heterocycles. The Bertz CT molecular complexity index is 927. The van der Waals surface area contributed by atoms with Gasteiger partial charge in [-0.1, -0.05) is 23.4 Å². The highest BCUT2D eigenvalue weighted by molar-refractivity contribution is 5.76. The lowest BCUT2D eigenvalue weighted by atomic mass is 10.1. The van der Waals surface area contributed by atoms with Crippen molar-refractivity contribution in [2.24, 2.45) is 0 Å². The van der Waals surface area contributed by atoms with Gasteiger partial charge in [0.1, 0.15) is 5.82 Å². The summed E-state index contributed by atoms with van der Waals surface area (Å²) in [7, 11) is 0. The van der Waals surface area contributed by atoms with Crippen molar-refractivity contribution in [2.45, 2.75) is 25.5 Å². The first kappa shape index (κ1) is 18.3. The predicted molar refractivity (Wildman–Crippen MR) is 95.6 cm³/mol. The Morgan fingerprint density at radius 1 is 1.29 bits per heavy atom. The first-order valence-corrected chi connectivity index (χ1v) is 9.12. The number of hydrogen-bond donors (Lipinski definition) is 0. The highest BCUT2D eigenvalue weighted by Gasteiger charge is 2.29. The molecule has 0 radical (unpaired) electrons. The topological polar surface area (TPSA) is 86.3 Å². The van der Waals surface area contributed by atoms with E-state index in [1.807, 2.05) is 12.3 Å². The smallest absolute Gasteiger partial charge is 0.257 e. The molecule has 28 heavy (non-hydrogen) atoms. The van der Waals surface area contributed by atoms with Crippen LogP contribution in [0.25, 0.3) is 0 Å². The number of aromatic nitrogens is 4. The van der Waals surface area contributed by atoms with E-state index in [4.69, 9.17) is 9.26 Å². The molecule has 1 aliphatic heterocycles. The van der Waals surface area contributed by atoms with Crippen LogP contribution >= 0.6 is 0 Å².